The third-order valence-electron chi connectivity index (χ3n) is 3.26. The van der Waals surface area contributed by atoms with Crippen molar-refractivity contribution < 1.29 is 9.22 Å². The molecule has 0 aromatic heterocycles. The Bertz CT molecular complexity index is 540. The van der Waals surface area contributed by atoms with Crippen molar-refractivity contribution in [2.75, 3.05) is 27.2 Å². The first-order valence-electron chi connectivity index (χ1n) is 6.80. The van der Waals surface area contributed by atoms with Gasteiger partial charge >= 0.3 is 0 Å². The van der Waals surface area contributed by atoms with Crippen molar-refractivity contribution in [1.82, 2.24) is 0 Å². The van der Waals surface area contributed by atoms with Gasteiger partial charge in [0.25, 0.3) is 0 Å². The van der Waals surface area contributed by atoms with Gasteiger partial charge in [-0.25, -0.2) is 0 Å². The number of nitrogens with zero attached hydrogens (tertiary/aromatic N) is 1. The van der Waals surface area contributed by atoms with Gasteiger partial charge in [0.15, 0.2) is 0 Å². The maximum Gasteiger partial charge on any atom is 0.137 e. The van der Waals surface area contributed by atoms with Crippen LogP contribution in [-0.2, 0) is 6.54 Å². The largest absolute Gasteiger partial charge is 0.488 e. The molecule has 2 nitrogen and oxygen atoms in total. The van der Waals surface area contributed by atoms with Crippen LogP contribution in [0.15, 0.2) is 54.6 Å². The van der Waals surface area contributed by atoms with Crippen LogP contribution < -0.4 is 4.74 Å². The zero-order chi connectivity index (χ0) is 14.4. The van der Waals surface area contributed by atoms with E-state index in [9.17, 15) is 0 Å². The lowest BCUT2D eigenvalue weighted by Crippen LogP contribution is -2.42. The van der Waals surface area contributed by atoms with Gasteiger partial charge in [-0.1, -0.05) is 48.0 Å². The fourth-order valence-corrected chi connectivity index (χ4v) is 2.29. The molecule has 0 spiro atoms. The predicted molar refractivity (Wildman–Crippen MR) is 84.1 cm³/mol. The average Bonchev–Trinajstić information content (AvgIpc) is 2.42. The lowest BCUT2D eigenvalue weighted by Gasteiger charge is -2.30. The quantitative estimate of drug-likeness (QED) is 0.731. The molecule has 2 aromatic rings. The lowest BCUT2D eigenvalue weighted by atomic mass is 10.2. The summed E-state index contributed by atoms with van der Waals surface area (Å²) >= 11 is 6.22. The minimum Gasteiger partial charge on any atom is -0.488 e. The van der Waals surface area contributed by atoms with Gasteiger partial charge in [0.2, 0.25) is 0 Å². The molecule has 0 fully saturated rings. The maximum absolute atomic E-state index is 6.22. The highest BCUT2D eigenvalue weighted by atomic mass is 35.5. The molecule has 2 rings (SSSR count). The minimum absolute atomic E-state index is 0.696. The van der Waals surface area contributed by atoms with E-state index in [1.807, 2.05) is 48.5 Å². The number of rotatable bonds is 6. The second-order valence-electron chi connectivity index (χ2n) is 5.57. The summed E-state index contributed by atoms with van der Waals surface area (Å²) in [5, 5.41) is 0.836. The number of hydrogen-bond donors (Lipinski definition) is 0. The fourth-order valence-electron chi connectivity index (χ4n) is 2.09. The van der Waals surface area contributed by atoms with Crippen LogP contribution in [0.2, 0.25) is 5.02 Å². The Labute approximate surface area is 126 Å². The van der Waals surface area contributed by atoms with E-state index in [1.165, 1.54) is 5.56 Å². The average molecular weight is 291 g/mol. The highest BCUT2D eigenvalue weighted by Crippen LogP contribution is 2.19. The molecule has 0 aliphatic rings. The molecule has 0 radical (unpaired) electrons. The Morgan fingerprint density at radius 3 is 2.30 bits per heavy atom. The van der Waals surface area contributed by atoms with Crippen molar-refractivity contribution in [1.29, 1.82) is 0 Å². The Morgan fingerprint density at radius 1 is 0.950 bits per heavy atom. The molecule has 0 atom stereocenters. The Kier molecular flexibility index (Phi) is 5.05. The van der Waals surface area contributed by atoms with Gasteiger partial charge in [0.05, 0.1) is 14.1 Å². The first-order chi connectivity index (χ1) is 9.57. The normalized spacial score (nSPS) is 11.3. The van der Waals surface area contributed by atoms with Gasteiger partial charge in [-0.05, 0) is 18.2 Å². The van der Waals surface area contributed by atoms with E-state index in [0.717, 1.165) is 28.3 Å². The van der Waals surface area contributed by atoms with E-state index < -0.39 is 0 Å². The molecular formula is C17H21ClNO+. The van der Waals surface area contributed by atoms with Gasteiger partial charge in [-0.15, -0.1) is 0 Å². The Hall–Kier alpha value is -1.51. The molecule has 106 valence electrons. The molecular weight excluding hydrogens is 270 g/mol. The van der Waals surface area contributed by atoms with Crippen molar-refractivity contribution in [3.63, 3.8) is 0 Å². The second-order valence-corrected chi connectivity index (χ2v) is 5.98. The van der Waals surface area contributed by atoms with Gasteiger partial charge < -0.3 is 9.22 Å². The van der Waals surface area contributed by atoms with E-state index in [1.54, 1.807) is 0 Å². The maximum atomic E-state index is 6.22. The lowest BCUT2D eigenvalue weighted by molar-refractivity contribution is -0.903. The van der Waals surface area contributed by atoms with Crippen LogP contribution in [0.3, 0.4) is 0 Å². The van der Waals surface area contributed by atoms with Crippen LogP contribution in [0.25, 0.3) is 0 Å². The molecule has 0 unspecified atom stereocenters. The summed E-state index contributed by atoms with van der Waals surface area (Å²) in [6.45, 7) is 2.53. The van der Waals surface area contributed by atoms with Crippen LogP contribution in [0.5, 0.6) is 5.75 Å². The first-order valence-corrected chi connectivity index (χ1v) is 7.18. The van der Waals surface area contributed by atoms with Crippen molar-refractivity contribution in [2.24, 2.45) is 0 Å². The zero-order valence-corrected chi connectivity index (χ0v) is 12.8. The number of benzene rings is 2. The van der Waals surface area contributed by atoms with E-state index in [2.05, 4.69) is 20.2 Å². The summed E-state index contributed by atoms with van der Waals surface area (Å²) in [7, 11) is 4.38. The Morgan fingerprint density at radius 2 is 1.60 bits per heavy atom. The highest BCUT2D eigenvalue weighted by molar-refractivity contribution is 6.31. The summed E-state index contributed by atoms with van der Waals surface area (Å²) in [6.07, 6.45) is 0. The van der Waals surface area contributed by atoms with E-state index in [0.29, 0.717) is 6.61 Å². The number of halogens is 1. The summed E-state index contributed by atoms with van der Waals surface area (Å²) in [5.41, 5.74) is 1.18. The summed E-state index contributed by atoms with van der Waals surface area (Å²) in [5.74, 6) is 0.922. The van der Waals surface area contributed by atoms with Crippen molar-refractivity contribution >= 4 is 11.6 Å². The number of para-hydroxylation sites is 1. The van der Waals surface area contributed by atoms with E-state index in [-0.39, 0.29) is 0 Å². The SMILES string of the molecule is C[N+](C)(CCOc1ccccc1)Cc1ccccc1Cl. The standard InChI is InChI=1S/C17H21ClNO/c1-19(2,14-15-8-6-7-11-17(15)18)12-13-20-16-9-4-3-5-10-16/h3-11H,12-14H2,1-2H3/q+1. The molecule has 0 bridgehead atoms. The fraction of sp³-hybridized carbons (Fsp3) is 0.294. The van der Waals surface area contributed by atoms with Crippen molar-refractivity contribution in [3.05, 3.63) is 65.2 Å². The third-order valence-corrected chi connectivity index (χ3v) is 3.63. The monoisotopic (exact) mass is 290 g/mol. The van der Waals surface area contributed by atoms with Gasteiger partial charge in [0, 0.05) is 10.6 Å². The van der Waals surface area contributed by atoms with Gasteiger partial charge in [-0.2, -0.15) is 0 Å². The molecule has 0 N–H and O–H groups in total. The molecule has 0 aliphatic heterocycles. The summed E-state index contributed by atoms with van der Waals surface area (Å²) in [4.78, 5) is 0. The first kappa shape index (κ1) is 14.9. The molecule has 0 saturated heterocycles. The summed E-state index contributed by atoms with van der Waals surface area (Å²) in [6, 6.07) is 17.9. The molecule has 0 saturated carbocycles. The number of hydrogen-bond acceptors (Lipinski definition) is 1. The van der Waals surface area contributed by atoms with Crippen LogP contribution in [-0.4, -0.2) is 31.7 Å². The zero-order valence-electron chi connectivity index (χ0n) is 12.1. The van der Waals surface area contributed by atoms with E-state index >= 15 is 0 Å². The van der Waals surface area contributed by atoms with Crippen LogP contribution in [0.4, 0.5) is 0 Å². The number of ether oxygens (including phenoxy) is 1. The molecule has 20 heavy (non-hydrogen) atoms. The molecule has 3 heteroatoms. The van der Waals surface area contributed by atoms with Crippen LogP contribution >= 0.6 is 11.6 Å². The molecule has 2 aromatic carbocycles. The highest BCUT2D eigenvalue weighted by Gasteiger charge is 2.17. The minimum atomic E-state index is 0.696. The third kappa shape index (κ3) is 4.55. The predicted octanol–water partition coefficient (Wildman–Crippen LogP) is 4.00. The molecule has 0 heterocycles. The van der Waals surface area contributed by atoms with Crippen LogP contribution in [0.1, 0.15) is 5.56 Å². The van der Waals surface area contributed by atoms with Crippen LogP contribution in [0, 0.1) is 0 Å². The Balaban J connectivity index is 1.86. The number of quaternary nitrogens is 1. The summed E-state index contributed by atoms with van der Waals surface area (Å²) < 4.78 is 6.61. The number of likely N-dealkylation sites (N-methyl/N-ethyl adjacent to an activating group) is 1. The van der Waals surface area contributed by atoms with Gasteiger partial charge in [-0.3, -0.25) is 0 Å². The van der Waals surface area contributed by atoms with Crippen molar-refractivity contribution in [2.45, 2.75) is 6.54 Å². The molecule has 0 amide bonds. The van der Waals surface area contributed by atoms with E-state index in [4.69, 9.17) is 16.3 Å². The second kappa shape index (κ2) is 6.78. The molecule has 0 aliphatic carbocycles. The van der Waals surface area contributed by atoms with Crippen molar-refractivity contribution in [3.8, 4) is 5.75 Å². The smallest absolute Gasteiger partial charge is 0.137 e. The van der Waals surface area contributed by atoms with Gasteiger partial charge in [0.1, 0.15) is 25.4 Å². The topological polar surface area (TPSA) is 9.23 Å².